The van der Waals surface area contributed by atoms with Gasteiger partial charge in [-0.1, -0.05) is 0 Å². The number of aliphatic carboxylic acids is 1. The van der Waals surface area contributed by atoms with E-state index in [9.17, 15) is 13.6 Å². The number of hydrogen-bond donors (Lipinski definition) is 2. The molecule has 0 spiro atoms. The molecule has 1 unspecified atom stereocenters. The molecule has 6 heteroatoms. The fraction of sp³-hybridized carbons (Fsp3) is 0.667. The molecule has 54 valence electrons. The average molecular weight is 160 g/mol. The van der Waals surface area contributed by atoms with E-state index < -0.39 is 18.4 Å². The zero-order chi connectivity index (χ0) is 7.44. The van der Waals surface area contributed by atoms with E-state index in [1.54, 1.807) is 0 Å². The van der Waals surface area contributed by atoms with Crippen molar-refractivity contribution in [2.45, 2.75) is 12.5 Å². The summed E-state index contributed by atoms with van der Waals surface area (Å²) in [6.45, 7) is 0. The molecule has 2 N–H and O–H groups in total. The summed E-state index contributed by atoms with van der Waals surface area (Å²) in [5.74, 6) is -1.67. The van der Waals surface area contributed by atoms with Crippen LogP contribution >= 0.6 is 11.8 Å². The van der Waals surface area contributed by atoms with Crippen molar-refractivity contribution < 1.29 is 18.7 Å². The van der Waals surface area contributed by atoms with Crippen LogP contribution in [0, 0.1) is 0 Å². The number of carboxylic acid groups (broad SMARTS) is 1. The molecule has 0 aliphatic heterocycles. The zero-order valence-corrected chi connectivity index (χ0v) is 4.90. The van der Waals surface area contributed by atoms with E-state index in [0.717, 1.165) is 0 Å². The molecule has 0 saturated carbocycles. The highest BCUT2D eigenvalue weighted by molar-refractivity contribution is 6.14. The molecule has 0 aromatic heterocycles. The van der Waals surface area contributed by atoms with Crippen molar-refractivity contribution in [3.05, 3.63) is 0 Å². The van der Waals surface area contributed by atoms with Crippen molar-refractivity contribution >= 4 is 17.7 Å². The maximum Gasteiger partial charge on any atom is 0.327 e. The van der Waals surface area contributed by atoms with E-state index in [4.69, 9.17) is 5.11 Å². The molecule has 0 heterocycles. The minimum Gasteiger partial charge on any atom is -0.480 e. The highest BCUT2D eigenvalue weighted by Gasteiger charge is 2.26. The van der Waals surface area contributed by atoms with Gasteiger partial charge in [-0.3, -0.25) is 4.79 Å². The van der Waals surface area contributed by atoms with Crippen LogP contribution in [0.1, 0.15) is 0 Å². The highest BCUT2D eigenvalue weighted by atomic mass is 35.5. The molecule has 0 radical (unpaired) electrons. The van der Waals surface area contributed by atoms with Crippen molar-refractivity contribution in [2.24, 2.45) is 0 Å². The first kappa shape index (κ1) is 8.58. The molecule has 0 rings (SSSR count). The second-order valence-electron chi connectivity index (χ2n) is 1.26. The molecular formula is C3H4ClF2NO2. The molecule has 1 atom stereocenters. The summed E-state index contributed by atoms with van der Waals surface area (Å²) in [6, 6.07) is -1.98. The first-order chi connectivity index (χ1) is 4.09. The Morgan fingerprint density at radius 1 is 1.67 bits per heavy atom. The summed E-state index contributed by atoms with van der Waals surface area (Å²) in [6.07, 6.45) is -2.99. The van der Waals surface area contributed by atoms with Crippen LogP contribution in [-0.2, 0) is 4.79 Å². The molecule has 0 bridgehead atoms. The molecule has 0 aromatic rings. The van der Waals surface area contributed by atoms with Gasteiger partial charge >= 0.3 is 5.97 Å². The maximum absolute atomic E-state index is 11.4. The Hall–Kier alpha value is -0.420. The summed E-state index contributed by atoms with van der Waals surface area (Å²) in [4.78, 5) is 11.2. The summed E-state index contributed by atoms with van der Waals surface area (Å²) < 4.78 is 22.8. The van der Waals surface area contributed by atoms with E-state index in [2.05, 4.69) is 11.8 Å². The monoisotopic (exact) mass is 159 g/mol. The third-order valence-electron chi connectivity index (χ3n) is 0.636. The van der Waals surface area contributed by atoms with Crippen LogP contribution in [0.4, 0.5) is 8.78 Å². The normalized spacial score (nSPS) is 13.8. The van der Waals surface area contributed by atoms with Crippen LogP contribution in [0.15, 0.2) is 0 Å². The van der Waals surface area contributed by atoms with Crippen LogP contribution in [0.3, 0.4) is 0 Å². The van der Waals surface area contributed by atoms with Crippen molar-refractivity contribution in [3.63, 3.8) is 0 Å². The average Bonchev–Trinajstić information content (AvgIpc) is 1.64. The second-order valence-corrected chi connectivity index (χ2v) is 1.48. The van der Waals surface area contributed by atoms with Gasteiger partial charge in [0.25, 0.3) is 6.43 Å². The Morgan fingerprint density at radius 3 is 2.11 bits per heavy atom. The summed E-state index contributed by atoms with van der Waals surface area (Å²) in [5, 5.41) is 7.92. The predicted octanol–water partition coefficient (Wildman–Crippen LogP) is 0.448. The third-order valence-corrected chi connectivity index (χ3v) is 0.871. The van der Waals surface area contributed by atoms with E-state index in [0.29, 0.717) is 0 Å². The SMILES string of the molecule is O=C(O)C(NCl)C(F)F. The van der Waals surface area contributed by atoms with E-state index in [1.165, 1.54) is 4.84 Å². The van der Waals surface area contributed by atoms with E-state index in [-0.39, 0.29) is 0 Å². The van der Waals surface area contributed by atoms with E-state index in [1.807, 2.05) is 0 Å². The van der Waals surface area contributed by atoms with Gasteiger partial charge in [0.05, 0.1) is 0 Å². The first-order valence-corrected chi connectivity index (χ1v) is 2.34. The minimum absolute atomic E-state index is 1.42. The molecule has 0 fully saturated rings. The van der Waals surface area contributed by atoms with Crippen LogP contribution in [0.5, 0.6) is 0 Å². The van der Waals surface area contributed by atoms with Gasteiger partial charge in [0.1, 0.15) is 0 Å². The topological polar surface area (TPSA) is 49.3 Å². The quantitative estimate of drug-likeness (QED) is 0.588. The van der Waals surface area contributed by atoms with Gasteiger partial charge in [0.15, 0.2) is 6.04 Å². The number of carboxylic acids is 1. The number of alkyl halides is 2. The lowest BCUT2D eigenvalue weighted by Gasteiger charge is -2.05. The Morgan fingerprint density at radius 2 is 2.11 bits per heavy atom. The Labute approximate surface area is 54.7 Å². The third kappa shape index (κ3) is 2.57. The number of rotatable bonds is 3. The maximum atomic E-state index is 11.4. The van der Waals surface area contributed by atoms with Gasteiger partial charge in [-0.05, 0) is 11.8 Å². The van der Waals surface area contributed by atoms with Gasteiger partial charge < -0.3 is 5.11 Å². The summed E-state index contributed by atoms with van der Waals surface area (Å²) in [7, 11) is 0. The lowest BCUT2D eigenvalue weighted by atomic mass is 10.3. The number of halogens is 3. The highest BCUT2D eigenvalue weighted by Crippen LogP contribution is 2.00. The largest absolute Gasteiger partial charge is 0.480 e. The van der Waals surface area contributed by atoms with Gasteiger partial charge in [-0.25, -0.2) is 13.6 Å². The lowest BCUT2D eigenvalue weighted by Crippen LogP contribution is -2.37. The number of carbonyl (C=O) groups is 1. The summed E-state index contributed by atoms with van der Waals surface area (Å²) in [5.41, 5.74) is 0. The van der Waals surface area contributed by atoms with Crippen LogP contribution < -0.4 is 4.84 Å². The van der Waals surface area contributed by atoms with Crippen LogP contribution in [0.2, 0.25) is 0 Å². The predicted molar refractivity (Wildman–Crippen MR) is 26.4 cm³/mol. The Balaban J connectivity index is 3.83. The summed E-state index contributed by atoms with van der Waals surface area (Å²) >= 11 is 4.65. The fourth-order valence-electron chi connectivity index (χ4n) is 0.202. The molecule has 0 aliphatic carbocycles. The first-order valence-electron chi connectivity index (χ1n) is 1.96. The van der Waals surface area contributed by atoms with Gasteiger partial charge in [-0.15, -0.1) is 0 Å². The minimum atomic E-state index is -2.99. The van der Waals surface area contributed by atoms with Gasteiger partial charge in [0.2, 0.25) is 0 Å². The Kier molecular flexibility index (Phi) is 3.41. The standard InChI is InChI=1S/C3H4ClF2NO2/c4-7-1(2(5)6)3(8)9/h1-2,7H,(H,8,9). The molecule has 0 aromatic carbocycles. The van der Waals surface area contributed by atoms with Gasteiger partial charge in [-0.2, -0.15) is 0 Å². The fourth-order valence-corrected chi connectivity index (χ4v) is 0.391. The van der Waals surface area contributed by atoms with E-state index >= 15 is 0 Å². The van der Waals surface area contributed by atoms with Crippen LogP contribution in [-0.4, -0.2) is 23.5 Å². The Bertz CT molecular complexity index is 110. The molecule has 0 aliphatic rings. The molecule has 0 amide bonds. The molecule has 9 heavy (non-hydrogen) atoms. The number of hydrogen-bond acceptors (Lipinski definition) is 2. The van der Waals surface area contributed by atoms with Crippen molar-refractivity contribution in [2.75, 3.05) is 0 Å². The van der Waals surface area contributed by atoms with Gasteiger partial charge in [0, 0.05) is 0 Å². The second kappa shape index (κ2) is 3.58. The zero-order valence-electron chi connectivity index (χ0n) is 4.14. The molecule has 0 saturated heterocycles. The lowest BCUT2D eigenvalue weighted by molar-refractivity contribution is -0.142. The van der Waals surface area contributed by atoms with Crippen molar-refractivity contribution in [3.8, 4) is 0 Å². The smallest absolute Gasteiger partial charge is 0.327 e. The number of nitrogens with one attached hydrogen (secondary N) is 1. The molecule has 3 nitrogen and oxygen atoms in total. The van der Waals surface area contributed by atoms with Crippen molar-refractivity contribution in [1.82, 2.24) is 4.84 Å². The molecular weight excluding hydrogens is 155 g/mol. The van der Waals surface area contributed by atoms with Crippen LogP contribution in [0.25, 0.3) is 0 Å². The van der Waals surface area contributed by atoms with Crippen molar-refractivity contribution in [1.29, 1.82) is 0 Å².